The lowest BCUT2D eigenvalue weighted by atomic mass is 9.77. The average Bonchev–Trinajstić information content (AvgIpc) is 3.06. The van der Waals surface area contributed by atoms with Gasteiger partial charge in [-0.05, 0) is 100 Å². The number of hydrogen-bond acceptors (Lipinski definition) is 14. The number of nitrogens with one attached hydrogen (secondary N) is 1. The van der Waals surface area contributed by atoms with Crippen LogP contribution in [0.4, 0.5) is 0 Å². The zero-order valence-electron chi connectivity index (χ0n) is 33.9. The van der Waals surface area contributed by atoms with Crippen molar-refractivity contribution in [1.29, 1.82) is 0 Å². The Kier molecular flexibility index (Phi) is 16.0. The van der Waals surface area contributed by atoms with E-state index in [0.717, 1.165) is 0 Å². The van der Waals surface area contributed by atoms with Gasteiger partial charge < -0.3 is 64.2 Å². The average molecular weight is 748 g/mol. The number of esters is 1. The number of nitrogens with zero attached hydrogens (tertiary/aromatic N) is 1. The molecule has 14 nitrogen and oxygen atoms in total. The van der Waals surface area contributed by atoms with Crippen LogP contribution in [-0.4, -0.2) is 150 Å². The Balaban J connectivity index is 2.15. The predicted molar refractivity (Wildman–Crippen MR) is 192 cm³/mol. The lowest BCUT2D eigenvalue weighted by molar-refractivity contribution is -0.406. The second-order valence-electron chi connectivity index (χ2n) is 17.0. The van der Waals surface area contributed by atoms with E-state index in [2.05, 4.69) is 5.32 Å². The number of aliphatic hydroxyl groups is 4. The van der Waals surface area contributed by atoms with Crippen LogP contribution in [0, 0.1) is 23.7 Å². The summed E-state index contributed by atoms with van der Waals surface area (Å²) in [5.74, 6) is -3.05. The van der Waals surface area contributed by atoms with Gasteiger partial charge in [0.1, 0.15) is 23.9 Å². The van der Waals surface area contributed by atoms with Gasteiger partial charge in [-0.1, -0.05) is 20.8 Å². The van der Waals surface area contributed by atoms with Gasteiger partial charge in [0.15, 0.2) is 12.6 Å². The van der Waals surface area contributed by atoms with Crippen LogP contribution in [0.3, 0.4) is 0 Å². The van der Waals surface area contributed by atoms with Gasteiger partial charge in [-0.15, -0.1) is 6.61 Å². The van der Waals surface area contributed by atoms with Crippen molar-refractivity contribution in [2.24, 2.45) is 23.7 Å². The maximum atomic E-state index is 14.2. The number of rotatable bonds is 8. The van der Waals surface area contributed by atoms with Crippen LogP contribution in [0.1, 0.15) is 94.9 Å². The SMILES string of the molecule is CC[C@H]1OC(=O)[C@H](C)[C@@H](OC2C[C@@](C)(OC)C(C[O-])[C@H](C)O2)[C@H](C)[C@@H](O[C@@H]2O[C@H](C)CC(N(C)C)[C@H]2O)[C@](C)(O)C[C@@H](C)CN[C@H](C)[C@@H](O)[C@]1(C)O. The molecular weight excluding hydrogens is 676 g/mol. The molecule has 52 heavy (non-hydrogen) atoms. The number of methoxy groups -OCH3 is 1. The van der Waals surface area contributed by atoms with E-state index >= 15 is 0 Å². The van der Waals surface area contributed by atoms with Crippen molar-refractivity contribution in [3.8, 4) is 0 Å². The minimum atomic E-state index is -1.80. The largest absolute Gasteiger partial charge is 0.854 e. The van der Waals surface area contributed by atoms with Crippen molar-refractivity contribution in [2.45, 2.75) is 179 Å². The van der Waals surface area contributed by atoms with Gasteiger partial charge in [0, 0.05) is 31.5 Å². The normalized spacial score (nSPS) is 49.2. The number of carbonyl (C=O) groups excluding carboxylic acids is 1. The van der Waals surface area contributed by atoms with Gasteiger partial charge >= 0.3 is 5.97 Å². The van der Waals surface area contributed by atoms with Crippen molar-refractivity contribution in [3.05, 3.63) is 0 Å². The molecule has 3 unspecified atom stereocenters. The molecule has 0 bridgehead atoms. The van der Waals surface area contributed by atoms with Crippen LogP contribution < -0.4 is 10.4 Å². The second-order valence-corrected chi connectivity index (χ2v) is 17.0. The van der Waals surface area contributed by atoms with Crippen LogP contribution in [-0.2, 0) is 33.2 Å². The van der Waals surface area contributed by atoms with Crippen LogP contribution >= 0.6 is 0 Å². The van der Waals surface area contributed by atoms with Crippen LogP contribution in [0.5, 0.6) is 0 Å². The summed E-state index contributed by atoms with van der Waals surface area (Å²) in [6, 6.07) is -0.863. The topological polar surface area (TPSA) is 192 Å². The van der Waals surface area contributed by atoms with E-state index in [-0.39, 0.29) is 37.3 Å². The molecule has 18 atom stereocenters. The molecular formula is C38H71N2O12-. The summed E-state index contributed by atoms with van der Waals surface area (Å²) in [6.45, 7) is 17.6. The molecule has 3 fully saturated rings. The summed E-state index contributed by atoms with van der Waals surface area (Å²) >= 11 is 0. The molecule has 0 aromatic carbocycles. The van der Waals surface area contributed by atoms with Crippen molar-refractivity contribution < 1.29 is 58.7 Å². The molecule has 3 heterocycles. The fourth-order valence-corrected chi connectivity index (χ4v) is 8.76. The molecule has 0 aromatic heterocycles. The fraction of sp³-hybridized carbons (Fsp3) is 0.974. The molecule has 3 saturated heterocycles. The number of aliphatic hydroxyl groups excluding tert-OH is 2. The summed E-state index contributed by atoms with van der Waals surface area (Å²) < 4.78 is 37.8. The standard InChI is InChI=1S/C38H71N2O12/c1-14-28-38(10,46)32(43)24(6)39-18-20(2)16-36(8,45)33(52-35-30(42)27(40(11)12)15-21(3)48-35)22(4)31(23(5)34(44)50-28)51-29-17-37(9,47-13)26(19-41)25(7)49-29/h20-33,35,39,42-43,45-46H,14-19H2,1-13H3/q-1/t20-,21-,22+,23-,24-,25+,26?,27?,28-,29?,30-,31+,32-,33-,35+,36-,37-,38-/m1/s1. The first kappa shape index (κ1) is 45.4. The summed E-state index contributed by atoms with van der Waals surface area (Å²) in [5.41, 5.74) is -4.24. The summed E-state index contributed by atoms with van der Waals surface area (Å²) in [7, 11) is 5.31. The van der Waals surface area contributed by atoms with E-state index in [9.17, 15) is 30.3 Å². The van der Waals surface area contributed by atoms with Gasteiger partial charge in [-0.2, -0.15) is 0 Å². The zero-order chi connectivity index (χ0) is 39.5. The number of likely N-dealkylation sites (N-methyl/N-ethyl adjacent to an activating group) is 1. The first-order valence-corrected chi connectivity index (χ1v) is 19.2. The van der Waals surface area contributed by atoms with Crippen LogP contribution in [0.25, 0.3) is 0 Å². The van der Waals surface area contributed by atoms with E-state index in [0.29, 0.717) is 13.0 Å². The number of cyclic esters (lactones) is 1. The third-order valence-electron chi connectivity index (χ3n) is 12.2. The highest BCUT2D eigenvalue weighted by molar-refractivity contribution is 5.73. The lowest BCUT2D eigenvalue weighted by Crippen LogP contribution is -2.60. The molecule has 5 N–H and O–H groups in total. The molecule has 3 aliphatic heterocycles. The molecule has 3 aliphatic rings. The van der Waals surface area contributed by atoms with Gasteiger partial charge in [0.05, 0.1) is 41.5 Å². The van der Waals surface area contributed by atoms with Gasteiger partial charge in [0.25, 0.3) is 0 Å². The molecule has 0 saturated carbocycles. The Labute approximate surface area is 311 Å². The van der Waals surface area contributed by atoms with E-state index in [1.54, 1.807) is 41.7 Å². The molecule has 306 valence electrons. The number of ether oxygens (including phenoxy) is 6. The van der Waals surface area contributed by atoms with Crippen molar-refractivity contribution >= 4 is 5.97 Å². The lowest BCUT2D eigenvalue weighted by Gasteiger charge is -2.50. The van der Waals surface area contributed by atoms with Crippen molar-refractivity contribution in [3.63, 3.8) is 0 Å². The Morgan fingerprint density at radius 2 is 1.63 bits per heavy atom. The van der Waals surface area contributed by atoms with Crippen molar-refractivity contribution in [1.82, 2.24) is 10.2 Å². The van der Waals surface area contributed by atoms with Crippen LogP contribution in [0.15, 0.2) is 0 Å². The minimum Gasteiger partial charge on any atom is -0.854 e. The highest BCUT2D eigenvalue weighted by Gasteiger charge is 2.52. The maximum Gasteiger partial charge on any atom is 0.311 e. The van der Waals surface area contributed by atoms with E-state index in [4.69, 9.17) is 28.4 Å². The quantitative estimate of drug-likeness (QED) is 0.223. The second kappa shape index (κ2) is 18.3. The minimum absolute atomic E-state index is 0.158. The monoisotopic (exact) mass is 748 g/mol. The highest BCUT2D eigenvalue weighted by Crippen LogP contribution is 2.41. The van der Waals surface area contributed by atoms with Crippen molar-refractivity contribution in [2.75, 3.05) is 34.4 Å². The Morgan fingerprint density at radius 1 is 1.00 bits per heavy atom. The Hall–Kier alpha value is -1.01. The van der Waals surface area contributed by atoms with E-state index in [1.165, 1.54) is 6.92 Å². The first-order chi connectivity index (χ1) is 24.0. The summed E-state index contributed by atoms with van der Waals surface area (Å²) in [5, 5.41) is 62.4. The zero-order valence-corrected chi connectivity index (χ0v) is 33.9. The van der Waals surface area contributed by atoms with Crippen LogP contribution in [0.2, 0.25) is 0 Å². The molecule has 0 amide bonds. The molecule has 0 radical (unpaired) electrons. The van der Waals surface area contributed by atoms with Gasteiger partial charge in [0.2, 0.25) is 0 Å². The molecule has 0 aromatic rings. The summed E-state index contributed by atoms with van der Waals surface area (Å²) in [6.07, 6.45) is -7.06. The van der Waals surface area contributed by atoms with E-state index in [1.807, 2.05) is 46.7 Å². The van der Waals surface area contributed by atoms with E-state index < -0.39 is 102 Å². The predicted octanol–water partition coefficient (Wildman–Crippen LogP) is 1.17. The number of hydrogen-bond donors (Lipinski definition) is 5. The third-order valence-corrected chi connectivity index (χ3v) is 12.2. The molecule has 3 rings (SSSR count). The third kappa shape index (κ3) is 10.2. The summed E-state index contributed by atoms with van der Waals surface area (Å²) in [4.78, 5) is 16.1. The highest BCUT2D eigenvalue weighted by atomic mass is 16.7. The smallest absolute Gasteiger partial charge is 0.311 e. The van der Waals surface area contributed by atoms with Gasteiger partial charge in [-0.25, -0.2) is 0 Å². The molecule has 0 aliphatic carbocycles. The van der Waals surface area contributed by atoms with Gasteiger partial charge in [-0.3, -0.25) is 4.79 Å². The maximum absolute atomic E-state index is 14.2. The molecule has 14 heteroatoms. The first-order valence-electron chi connectivity index (χ1n) is 19.2. The fourth-order valence-electron chi connectivity index (χ4n) is 8.76. The number of carbonyl (C=O) groups is 1. The Bertz CT molecular complexity index is 1130. The molecule has 0 spiro atoms. The Morgan fingerprint density at radius 3 is 2.19 bits per heavy atom.